The Morgan fingerprint density at radius 1 is 1.26 bits per heavy atom. The maximum atomic E-state index is 12.7. The lowest BCUT2D eigenvalue weighted by molar-refractivity contribution is -0.140. The van der Waals surface area contributed by atoms with Crippen LogP contribution in [0.4, 0.5) is 4.39 Å². The van der Waals surface area contributed by atoms with Gasteiger partial charge < -0.3 is 10.4 Å². The molecule has 1 aliphatic rings. The number of carboxylic acids is 1. The van der Waals surface area contributed by atoms with E-state index in [-0.39, 0.29) is 18.3 Å². The number of carbonyl (C=O) groups is 2. The number of aliphatic carboxylic acids is 1. The van der Waals surface area contributed by atoms with Crippen LogP contribution in [0.5, 0.6) is 0 Å². The van der Waals surface area contributed by atoms with Crippen molar-refractivity contribution < 1.29 is 19.1 Å². The van der Waals surface area contributed by atoms with Gasteiger partial charge in [-0.25, -0.2) is 4.39 Å². The van der Waals surface area contributed by atoms with E-state index >= 15 is 0 Å². The normalized spacial score (nSPS) is 23.7. The zero-order valence-electron chi connectivity index (χ0n) is 10.8. The Bertz CT molecular complexity index is 510. The van der Waals surface area contributed by atoms with Crippen molar-refractivity contribution in [3.8, 4) is 0 Å². The van der Waals surface area contributed by atoms with E-state index in [4.69, 9.17) is 5.11 Å². The van der Waals surface area contributed by atoms with Crippen molar-refractivity contribution in [3.63, 3.8) is 0 Å². The summed E-state index contributed by atoms with van der Waals surface area (Å²) in [6, 6.07) is 5.82. The lowest BCUT2D eigenvalue weighted by Crippen LogP contribution is -2.26. The molecule has 1 amide bonds. The van der Waals surface area contributed by atoms with Crippen LogP contribution in [0.25, 0.3) is 0 Å². The zero-order chi connectivity index (χ0) is 14.2. The molecular weight excluding hydrogens is 249 g/mol. The maximum absolute atomic E-state index is 12.7. The van der Waals surface area contributed by atoms with Crippen LogP contribution in [-0.4, -0.2) is 17.0 Å². The highest BCUT2D eigenvalue weighted by Gasteiger charge is 2.65. The summed E-state index contributed by atoms with van der Waals surface area (Å²) in [5.41, 5.74) is 0.277. The van der Waals surface area contributed by atoms with Crippen molar-refractivity contribution in [2.45, 2.75) is 20.4 Å². The number of halogens is 1. The van der Waals surface area contributed by atoms with E-state index in [1.807, 2.05) is 0 Å². The maximum Gasteiger partial charge on any atom is 0.307 e. The number of carbonyl (C=O) groups excluding carboxylic acids is 1. The van der Waals surface area contributed by atoms with Crippen LogP contribution in [0.1, 0.15) is 19.4 Å². The second kappa shape index (κ2) is 4.64. The molecule has 2 rings (SSSR count). The topological polar surface area (TPSA) is 66.4 Å². The zero-order valence-corrected chi connectivity index (χ0v) is 10.8. The molecule has 2 unspecified atom stereocenters. The summed E-state index contributed by atoms with van der Waals surface area (Å²) in [5, 5.41) is 11.7. The molecule has 2 atom stereocenters. The van der Waals surface area contributed by atoms with E-state index in [2.05, 4.69) is 5.32 Å². The molecule has 1 fully saturated rings. The molecule has 0 radical (unpaired) electrons. The minimum Gasteiger partial charge on any atom is -0.481 e. The van der Waals surface area contributed by atoms with Crippen LogP contribution in [0.15, 0.2) is 24.3 Å². The van der Waals surface area contributed by atoms with Crippen LogP contribution in [-0.2, 0) is 16.1 Å². The fourth-order valence-electron chi connectivity index (χ4n) is 2.49. The standard InChI is InChI=1S/C14H16FNO3/c1-14(2)10(11(14)13(18)19)12(17)16-7-8-3-5-9(15)6-4-8/h3-6,10-11H,7H2,1-2H3,(H,16,17)(H,18,19). The molecule has 0 aliphatic heterocycles. The lowest BCUT2D eigenvalue weighted by atomic mass is 10.1. The lowest BCUT2D eigenvalue weighted by Gasteiger charge is -2.06. The van der Waals surface area contributed by atoms with Gasteiger partial charge in [0.2, 0.25) is 5.91 Å². The van der Waals surface area contributed by atoms with Crippen LogP contribution >= 0.6 is 0 Å². The number of carboxylic acid groups (broad SMARTS) is 1. The predicted molar refractivity (Wildman–Crippen MR) is 66.6 cm³/mol. The van der Waals surface area contributed by atoms with Gasteiger partial charge in [-0.2, -0.15) is 0 Å². The fraction of sp³-hybridized carbons (Fsp3) is 0.429. The molecular formula is C14H16FNO3. The van der Waals surface area contributed by atoms with Crippen molar-refractivity contribution in [2.75, 3.05) is 0 Å². The molecule has 1 aromatic carbocycles. The van der Waals surface area contributed by atoms with Gasteiger partial charge in [0.1, 0.15) is 5.82 Å². The Hall–Kier alpha value is -1.91. The van der Waals surface area contributed by atoms with E-state index in [9.17, 15) is 14.0 Å². The van der Waals surface area contributed by atoms with Crippen molar-refractivity contribution in [1.29, 1.82) is 0 Å². The first-order valence-corrected chi connectivity index (χ1v) is 6.09. The van der Waals surface area contributed by atoms with Gasteiger partial charge in [-0.05, 0) is 23.1 Å². The van der Waals surface area contributed by atoms with Crippen molar-refractivity contribution in [3.05, 3.63) is 35.6 Å². The van der Waals surface area contributed by atoms with Gasteiger partial charge >= 0.3 is 5.97 Å². The van der Waals surface area contributed by atoms with Gasteiger partial charge in [-0.15, -0.1) is 0 Å². The smallest absolute Gasteiger partial charge is 0.307 e. The summed E-state index contributed by atoms with van der Waals surface area (Å²) < 4.78 is 12.7. The highest BCUT2D eigenvalue weighted by Crippen LogP contribution is 2.58. The van der Waals surface area contributed by atoms with Gasteiger partial charge in [0.25, 0.3) is 0 Å². The molecule has 2 N–H and O–H groups in total. The SMILES string of the molecule is CC1(C)C(C(=O)O)C1C(=O)NCc1ccc(F)cc1. The highest BCUT2D eigenvalue weighted by molar-refractivity contribution is 5.91. The summed E-state index contributed by atoms with van der Waals surface area (Å²) in [6.45, 7) is 3.82. The second-order valence-electron chi connectivity index (χ2n) is 5.46. The summed E-state index contributed by atoms with van der Waals surface area (Å²) in [6.07, 6.45) is 0. The molecule has 0 spiro atoms. The quantitative estimate of drug-likeness (QED) is 0.872. The monoisotopic (exact) mass is 265 g/mol. The highest BCUT2D eigenvalue weighted by atomic mass is 19.1. The third-order valence-electron chi connectivity index (χ3n) is 3.76. The van der Waals surface area contributed by atoms with Crippen molar-refractivity contribution >= 4 is 11.9 Å². The Balaban J connectivity index is 1.93. The minimum absolute atomic E-state index is 0.262. The number of nitrogens with one attached hydrogen (secondary N) is 1. The molecule has 4 nitrogen and oxygen atoms in total. The Kier molecular flexibility index (Phi) is 3.30. The van der Waals surface area contributed by atoms with Crippen molar-refractivity contribution in [1.82, 2.24) is 5.32 Å². The van der Waals surface area contributed by atoms with E-state index in [1.165, 1.54) is 12.1 Å². The van der Waals surface area contributed by atoms with Crippen molar-refractivity contribution in [2.24, 2.45) is 17.3 Å². The summed E-state index contributed by atoms with van der Waals surface area (Å²) in [4.78, 5) is 22.9. The van der Waals surface area contributed by atoms with Gasteiger partial charge in [-0.3, -0.25) is 9.59 Å². The molecule has 102 valence electrons. The fourth-order valence-corrected chi connectivity index (χ4v) is 2.49. The summed E-state index contributed by atoms with van der Waals surface area (Å²) in [7, 11) is 0. The third kappa shape index (κ3) is 2.59. The molecule has 0 saturated heterocycles. The average molecular weight is 265 g/mol. The summed E-state index contributed by atoms with van der Waals surface area (Å²) >= 11 is 0. The number of rotatable bonds is 4. The van der Waals surface area contributed by atoms with E-state index in [0.29, 0.717) is 0 Å². The van der Waals surface area contributed by atoms with Gasteiger partial charge in [0.05, 0.1) is 11.8 Å². The Labute approximate surface area is 110 Å². The number of amides is 1. The molecule has 1 aromatic rings. The predicted octanol–water partition coefficient (Wildman–Crippen LogP) is 1.80. The van der Waals surface area contributed by atoms with Gasteiger partial charge in [0.15, 0.2) is 0 Å². The third-order valence-corrected chi connectivity index (χ3v) is 3.76. The van der Waals surface area contributed by atoms with Crippen LogP contribution in [0, 0.1) is 23.1 Å². The molecule has 0 bridgehead atoms. The minimum atomic E-state index is -0.938. The number of benzene rings is 1. The Morgan fingerprint density at radius 3 is 2.32 bits per heavy atom. The first-order valence-electron chi connectivity index (χ1n) is 6.09. The average Bonchev–Trinajstić information content (AvgIpc) is 2.91. The molecule has 0 aromatic heterocycles. The molecule has 0 heterocycles. The van der Waals surface area contributed by atoms with Crippen LogP contribution in [0.3, 0.4) is 0 Å². The second-order valence-corrected chi connectivity index (χ2v) is 5.46. The molecule has 1 aliphatic carbocycles. The van der Waals surface area contributed by atoms with E-state index < -0.39 is 23.2 Å². The van der Waals surface area contributed by atoms with Gasteiger partial charge in [-0.1, -0.05) is 26.0 Å². The first kappa shape index (κ1) is 13.5. The summed E-state index contributed by atoms with van der Waals surface area (Å²) in [5.74, 6) is -2.65. The van der Waals surface area contributed by atoms with Crippen LogP contribution < -0.4 is 5.32 Å². The number of hydrogen-bond donors (Lipinski definition) is 2. The largest absolute Gasteiger partial charge is 0.481 e. The van der Waals surface area contributed by atoms with E-state index in [1.54, 1.807) is 26.0 Å². The molecule has 1 saturated carbocycles. The van der Waals surface area contributed by atoms with E-state index in [0.717, 1.165) is 5.56 Å². The first-order chi connectivity index (χ1) is 8.84. The number of hydrogen-bond acceptors (Lipinski definition) is 2. The van der Waals surface area contributed by atoms with Gasteiger partial charge in [0, 0.05) is 6.54 Å². The Morgan fingerprint density at radius 2 is 1.84 bits per heavy atom. The van der Waals surface area contributed by atoms with Crippen LogP contribution in [0.2, 0.25) is 0 Å². The molecule has 19 heavy (non-hydrogen) atoms. The molecule has 5 heteroatoms.